The molecule has 0 radical (unpaired) electrons. The van der Waals surface area contributed by atoms with Crippen LogP contribution < -0.4 is 0 Å². The highest BCUT2D eigenvalue weighted by Gasteiger charge is 2.15. The van der Waals surface area contributed by atoms with Gasteiger partial charge in [0.15, 0.2) is 0 Å². The molecule has 9 nitrogen and oxygen atoms in total. The zero-order chi connectivity index (χ0) is 16.4. The van der Waals surface area contributed by atoms with Gasteiger partial charge in [-0.2, -0.15) is 0 Å². The molecular weight excluding hydrogens is 288 g/mol. The Morgan fingerprint density at radius 1 is 1.00 bits per heavy atom. The van der Waals surface area contributed by atoms with Gasteiger partial charge in [0, 0.05) is 6.08 Å². The van der Waals surface area contributed by atoms with E-state index in [0.717, 1.165) is 18.4 Å². The second-order valence-corrected chi connectivity index (χ2v) is 3.74. The number of carbonyl (C=O) groups excluding carboxylic acids is 1. The van der Waals surface area contributed by atoms with E-state index in [1.807, 2.05) is 0 Å². The summed E-state index contributed by atoms with van der Waals surface area (Å²) in [5.74, 6) is -5.84. The zero-order valence-corrected chi connectivity index (χ0v) is 11.0. The SMILES string of the molecule is CC(C=COC(C=COC(=O)CC(=O)O)C(=O)O)C(=O)O. The van der Waals surface area contributed by atoms with Crippen LogP contribution in [0.5, 0.6) is 0 Å². The predicted molar refractivity (Wildman–Crippen MR) is 65.9 cm³/mol. The Labute approximate surface area is 119 Å². The molecule has 0 bridgehead atoms. The molecule has 0 aromatic heterocycles. The monoisotopic (exact) mass is 302 g/mol. The third-order valence-electron chi connectivity index (χ3n) is 1.97. The lowest BCUT2D eigenvalue weighted by molar-refractivity contribution is -0.149. The normalized spacial score (nSPS) is 13.8. The van der Waals surface area contributed by atoms with Crippen molar-refractivity contribution >= 4 is 23.9 Å². The van der Waals surface area contributed by atoms with E-state index in [-0.39, 0.29) is 0 Å². The number of hydrogen-bond acceptors (Lipinski definition) is 6. The molecule has 2 unspecified atom stereocenters. The van der Waals surface area contributed by atoms with Gasteiger partial charge in [0.05, 0.1) is 18.4 Å². The van der Waals surface area contributed by atoms with E-state index in [9.17, 15) is 19.2 Å². The van der Waals surface area contributed by atoms with Crippen LogP contribution in [0.25, 0.3) is 0 Å². The van der Waals surface area contributed by atoms with Gasteiger partial charge >= 0.3 is 23.9 Å². The molecule has 2 atom stereocenters. The summed E-state index contributed by atoms with van der Waals surface area (Å²) in [4.78, 5) is 42.3. The third kappa shape index (κ3) is 8.81. The fourth-order valence-corrected chi connectivity index (χ4v) is 0.868. The van der Waals surface area contributed by atoms with E-state index in [1.54, 1.807) is 0 Å². The van der Waals surface area contributed by atoms with Crippen molar-refractivity contribution in [3.05, 3.63) is 24.7 Å². The molecule has 0 aliphatic carbocycles. The Hall–Kier alpha value is -2.84. The molecule has 0 saturated carbocycles. The maximum Gasteiger partial charge on any atom is 0.349 e. The molecule has 116 valence electrons. The Balaban J connectivity index is 4.44. The summed E-state index contributed by atoms with van der Waals surface area (Å²) in [6, 6.07) is 0. The van der Waals surface area contributed by atoms with Crippen LogP contribution in [-0.2, 0) is 28.7 Å². The maximum atomic E-state index is 10.9. The molecule has 3 N–H and O–H groups in total. The van der Waals surface area contributed by atoms with E-state index in [4.69, 9.17) is 20.1 Å². The van der Waals surface area contributed by atoms with Gasteiger partial charge in [-0.05, 0) is 13.0 Å². The van der Waals surface area contributed by atoms with Crippen LogP contribution in [-0.4, -0.2) is 45.3 Å². The fraction of sp³-hybridized carbons (Fsp3) is 0.333. The molecule has 21 heavy (non-hydrogen) atoms. The highest BCUT2D eigenvalue weighted by Crippen LogP contribution is 2.02. The van der Waals surface area contributed by atoms with Crippen LogP contribution >= 0.6 is 0 Å². The van der Waals surface area contributed by atoms with Gasteiger partial charge in [0.25, 0.3) is 0 Å². The van der Waals surface area contributed by atoms with Crippen molar-refractivity contribution in [3.8, 4) is 0 Å². The first-order valence-corrected chi connectivity index (χ1v) is 5.59. The number of carboxylic acid groups (broad SMARTS) is 3. The number of ether oxygens (including phenoxy) is 2. The van der Waals surface area contributed by atoms with Gasteiger partial charge in [0.1, 0.15) is 6.42 Å². The second-order valence-electron chi connectivity index (χ2n) is 3.74. The average Bonchev–Trinajstić information content (AvgIpc) is 2.35. The van der Waals surface area contributed by atoms with Gasteiger partial charge in [0.2, 0.25) is 6.10 Å². The molecule has 0 aromatic carbocycles. The van der Waals surface area contributed by atoms with E-state index in [1.165, 1.54) is 6.92 Å². The minimum atomic E-state index is -1.51. The van der Waals surface area contributed by atoms with E-state index in [0.29, 0.717) is 6.26 Å². The molecule has 0 saturated heterocycles. The third-order valence-corrected chi connectivity index (χ3v) is 1.97. The van der Waals surface area contributed by atoms with Gasteiger partial charge in [-0.25, -0.2) is 4.79 Å². The van der Waals surface area contributed by atoms with Crippen LogP contribution in [0.15, 0.2) is 24.7 Å². The van der Waals surface area contributed by atoms with Crippen molar-refractivity contribution in [2.24, 2.45) is 5.92 Å². The molecular formula is C12H14O9. The smallest absolute Gasteiger partial charge is 0.349 e. The summed E-state index contributed by atoms with van der Waals surface area (Å²) in [5.41, 5.74) is 0. The predicted octanol–water partition coefficient (Wildman–Crippen LogP) is 0.222. The molecule has 0 rings (SSSR count). The summed E-state index contributed by atoms with van der Waals surface area (Å²) in [6.45, 7) is 1.36. The van der Waals surface area contributed by atoms with Gasteiger partial charge < -0.3 is 24.8 Å². The highest BCUT2D eigenvalue weighted by atomic mass is 16.5. The Morgan fingerprint density at radius 3 is 2.10 bits per heavy atom. The fourth-order valence-electron chi connectivity index (χ4n) is 0.868. The lowest BCUT2D eigenvalue weighted by Crippen LogP contribution is -2.19. The Bertz CT molecular complexity index is 463. The molecule has 0 heterocycles. The summed E-state index contributed by atoms with van der Waals surface area (Å²) in [7, 11) is 0. The number of aliphatic carboxylic acids is 3. The standard InChI is InChI=1S/C12H14O9/c1-7(11(16)17)2-4-20-8(12(18)19)3-5-21-10(15)6-9(13)14/h2-5,7-8H,6H2,1H3,(H,13,14)(H,16,17)(H,18,19). The average molecular weight is 302 g/mol. The quantitative estimate of drug-likeness (QED) is 0.309. The number of hydrogen-bond donors (Lipinski definition) is 3. The molecule has 0 fully saturated rings. The number of esters is 1. The Kier molecular flexibility index (Phi) is 7.89. The van der Waals surface area contributed by atoms with E-state index >= 15 is 0 Å². The largest absolute Gasteiger partial charge is 0.482 e. The van der Waals surface area contributed by atoms with Crippen molar-refractivity contribution in [3.63, 3.8) is 0 Å². The molecule has 0 aliphatic heterocycles. The van der Waals surface area contributed by atoms with Crippen LogP contribution in [0.4, 0.5) is 0 Å². The van der Waals surface area contributed by atoms with Crippen LogP contribution in [0, 0.1) is 5.92 Å². The maximum absolute atomic E-state index is 10.9. The summed E-state index contributed by atoms with van der Waals surface area (Å²) in [5, 5.41) is 25.7. The molecule has 0 spiro atoms. The Morgan fingerprint density at radius 2 is 1.62 bits per heavy atom. The first-order valence-electron chi connectivity index (χ1n) is 5.59. The zero-order valence-electron chi connectivity index (χ0n) is 11.0. The van der Waals surface area contributed by atoms with Crippen LogP contribution in [0.1, 0.15) is 13.3 Å². The van der Waals surface area contributed by atoms with E-state index < -0.39 is 42.3 Å². The number of carbonyl (C=O) groups is 4. The second kappa shape index (κ2) is 9.13. The van der Waals surface area contributed by atoms with Gasteiger partial charge in [-0.15, -0.1) is 0 Å². The summed E-state index contributed by atoms with van der Waals surface area (Å²) in [6.07, 6.45) is 1.21. The minimum Gasteiger partial charge on any atom is -0.482 e. The first kappa shape index (κ1) is 18.2. The van der Waals surface area contributed by atoms with E-state index in [2.05, 4.69) is 4.74 Å². The lowest BCUT2D eigenvalue weighted by atomic mass is 10.2. The number of carboxylic acids is 3. The number of rotatable bonds is 9. The van der Waals surface area contributed by atoms with Crippen LogP contribution in [0.3, 0.4) is 0 Å². The van der Waals surface area contributed by atoms with Gasteiger partial charge in [-0.1, -0.05) is 0 Å². The molecule has 0 aromatic rings. The van der Waals surface area contributed by atoms with Crippen molar-refractivity contribution in [2.75, 3.05) is 0 Å². The summed E-state index contributed by atoms with van der Waals surface area (Å²) >= 11 is 0. The molecule has 0 amide bonds. The van der Waals surface area contributed by atoms with Gasteiger partial charge in [-0.3, -0.25) is 14.4 Å². The van der Waals surface area contributed by atoms with Crippen molar-refractivity contribution in [1.29, 1.82) is 0 Å². The lowest BCUT2D eigenvalue weighted by Gasteiger charge is -2.07. The topological polar surface area (TPSA) is 147 Å². The molecule has 0 aliphatic rings. The highest BCUT2D eigenvalue weighted by molar-refractivity contribution is 5.90. The summed E-state index contributed by atoms with van der Waals surface area (Å²) < 4.78 is 9.09. The minimum absolute atomic E-state index is 0.693. The first-order chi connectivity index (χ1) is 9.73. The van der Waals surface area contributed by atoms with Crippen molar-refractivity contribution in [2.45, 2.75) is 19.4 Å². The molecule has 9 heteroatoms. The van der Waals surface area contributed by atoms with Crippen molar-refractivity contribution in [1.82, 2.24) is 0 Å². The van der Waals surface area contributed by atoms with Crippen molar-refractivity contribution < 1.29 is 44.0 Å². The van der Waals surface area contributed by atoms with Crippen LogP contribution in [0.2, 0.25) is 0 Å².